The standard InChI is InChI=1S/C9H11NO3.C3H7NO2/c10-8(9(12)13)5-6-1-3-7(11)4-2-6;1-2-6-3(4)5/h1-4,8,11H,5,10H2,(H,12,13);2H2,1H3,(H2,4,5). The summed E-state index contributed by atoms with van der Waals surface area (Å²) in [6.07, 6.45) is -0.437. The highest BCUT2D eigenvalue weighted by Crippen LogP contribution is 2.10. The fourth-order valence-electron chi connectivity index (χ4n) is 1.12. The number of carbonyl (C=O) groups excluding carboxylic acids is 1. The van der Waals surface area contributed by atoms with Crippen molar-refractivity contribution in [1.82, 2.24) is 0 Å². The number of carbonyl (C=O) groups is 2. The number of phenolic OH excluding ortho intramolecular Hbond substituents is 1. The van der Waals surface area contributed by atoms with Gasteiger partial charge in [0.05, 0.1) is 6.61 Å². The molecule has 19 heavy (non-hydrogen) atoms. The van der Waals surface area contributed by atoms with Crippen LogP contribution in [0, 0.1) is 0 Å². The molecule has 0 aliphatic carbocycles. The topological polar surface area (TPSA) is 136 Å². The second-order valence-electron chi connectivity index (χ2n) is 3.57. The molecule has 0 radical (unpaired) electrons. The highest BCUT2D eigenvalue weighted by Gasteiger charge is 2.11. The number of carboxylic acid groups (broad SMARTS) is 1. The van der Waals surface area contributed by atoms with E-state index in [1.807, 2.05) is 0 Å². The Kier molecular flexibility index (Phi) is 7.71. The van der Waals surface area contributed by atoms with Gasteiger partial charge in [0.25, 0.3) is 0 Å². The van der Waals surface area contributed by atoms with Crippen LogP contribution in [0.5, 0.6) is 5.75 Å². The molecule has 0 aliphatic heterocycles. The Bertz CT molecular complexity index is 405. The molecule has 7 nitrogen and oxygen atoms in total. The first-order valence-electron chi connectivity index (χ1n) is 5.55. The van der Waals surface area contributed by atoms with E-state index < -0.39 is 18.1 Å². The summed E-state index contributed by atoms with van der Waals surface area (Å²) >= 11 is 0. The fourth-order valence-corrected chi connectivity index (χ4v) is 1.12. The van der Waals surface area contributed by atoms with Gasteiger partial charge in [-0.25, -0.2) is 4.79 Å². The maximum Gasteiger partial charge on any atom is 0.404 e. The normalized spacial score (nSPS) is 10.8. The molecule has 0 heterocycles. The van der Waals surface area contributed by atoms with Crippen LogP contribution in [0.25, 0.3) is 0 Å². The Hall–Kier alpha value is -2.28. The minimum absolute atomic E-state index is 0.160. The van der Waals surface area contributed by atoms with Crippen LogP contribution >= 0.6 is 0 Å². The Balaban J connectivity index is 0.000000459. The Morgan fingerprint density at radius 3 is 2.16 bits per heavy atom. The summed E-state index contributed by atoms with van der Waals surface area (Å²) in [6, 6.07) is 5.42. The number of ether oxygens (including phenoxy) is 1. The van der Waals surface area contributed by atoms with E-state index in [4.69, 9.17) is 15.9 Å². The lowest BCUT2D eigenvalue weighted by molar-refractivity contribution is -0.138. The smallest absolute Gasteiger partial charge is 0.404 e. The molecule has 0 aromatic heterocycles. The van der Waals surface area contributed by atoms with Crippen LogP contribution in [0.4, 0.5) is 4.79 Å². The maximum absolute atomic E-state index is 10.4. The van der Waals surface area contributed by atoms with Gasteiger partial charge in [-0.2, -0.15) is 0 Å². The van der Waals surface area contributed by atoms with Crippen molar-refractivity contribution < 1.29 is 24.5 Å². The number of rotatable bonds is 4. The van der Waals surface area contributed by atoms with Gasteiger partial charge in [0, 0.05) is 0 Å². The lowest BCUT2D eigenvalue weighted by Gasteiger charge is -2.05. The molecule has 1 aromatic carbocycles. The zero-order chi connectivity index (χ0) is 14.8. The van der Waals surface area contributed by atoms with E-state index in [-0.39, 0.29) is 12.2 Å². The van der Waals surface area contributed by atoms with Gasteiger partial charge in [0.2, 0.25) is 0 Å². The molecular weight excluding hydrogens is 252 g/mol. The fraction of sp³-hybridized carbons (Fsp3) is 0.333. The monoisotopic (exact) mass is 270 g/mol. The molecule has 1 rings (SSSR count). The molecule has 0 fully saturated rings. The van der Waals surface area contributed by atoms with Gasteiger partial charge in [0.1, 0.15) is 11.8 Å². The van der Waals surface area contributed by atoms with Crippen LogP contribution < -0.4 is 11.5 Å². The van der Waals surface area contributed by atoms with E-state index in [2.05, 4.69) is 10.5 Å². The zero-order valence-corrected chi connectivity index (χ0v) is 10.6. The van der Waals surface area contributed by atoms with E-state index in [9.17, 15) is 9.59 Å². The third-order valence-corrected chi connectivity index (χ3v) is 2.00. The van der Waals surface area contributed by atoms with Crippen molar-refractivity contribution in [3.63, 3.8) is 0 Å². The average Bonchev–Trinajstić information content (AvgIpc) is 2.32. The number of phenols is 1. The Morgan fingerprint density at radius 1 is 1.32 bits per heavy atom. The number of nitrogens with two attached hydrogens (primary N) is 2. The van der Waals surface area contributed by atoms with Crippen molar-refractivity contribution in [1.29, 1.82) is 0 Å². The summed E-state index contributed by atoms with van der Waals surface area (Å²) < 4.78 is 4.18. The molecule has 0 saturated carbocycles. The molecular formula is C12H18N2O5. The number of hydrogen-bond acceptors (Lipinski definition) is 5. The lowest BCUT2D eigenvalue weighted by Crippen LogP contribution is -2.32. The molecule has 1 aromatic rings. The van der Waals surface area contributed by atoms with E-state index in [0.29, 0.717) is 6.61 Å². The van der Waals surface area contributed by atoms with E-state index >= 15 is 0 Å². The van der Waals surface area contributed by atoms with Crippen molar-refractivity contribution >= 4 is 12.1 Å². The highest BCUT2D eigenvalue weighted by molar-refractivity contribution is 5.73. The molecule has 7 heteroatoms. The SMILES string of the molecule is CCOC(N)=O.NC(Cc1ccc(O)cc1)C(=O)O. The molecule has 0 spiro atoms. The molecule has 1 unspecified atom stereocenters. The minimum Gasteiger partial charge on any atom is -0.508 e. The molecule has 6 N–H and O–H groups in total. The molecule has 0 bridgehead atoms. The van der Waals surface area contributed by atoms with Gasteiger partial charge in [0.15, 0.2) is 0 Å². The van der Waals surface area contributed by atoms with Crippen LogP contribution in [0.1, 0.15) is 12.5 Å². The number of aliphatic carboxylic acids is 1. The first kappa shape index (κ1) is 16.7. The Labute approximate surface area is 110 Å². The summed E-state index contributed by atoms with van der Waals surface area (Å²) in [4.78, 5) is 20.0. The number of aromatic hydroxyl groups is 1. The van der Waals surface area contributed by atoms with Crippen LogP contribution in [-0.4, -0.2) is 34.9 Å². The first-order chi connectivity index (χ1) is 8.86. The molecule has 1 atom stereocenters. The Morgan fingerprint density at radius 2 is 1.84 bits per heavy atom. The quantitative estimate of drug-likeness (QED) is 0.627. The molecule has 106 valence electrons. The van der Waals surface area contributed by atoms with Gasteiger partial charge in [-0.3, -0.25) is 4.79 Å². The van der Waals surface area contributed by atoms with Crippen molar-refractivity contribution in [2.75, 3.05) is 6.61 Å². The number of hydrogen-bond donors (Lipinski definition) is 4. The number of amides is 1. The largest absolute Gasteiger partial charge is 0.508 e. The predicted octanol–water partition coefficient (Wildman–Crippen LogP) is 0.448. The summed E-state index contributed by atoms with van der Waals surface area (Å²) in [5, 5.41) is 17.5. The molecule has 1 amide bonds. The second-order valence-corrected chi connectivity index (χ2v) is 3.57. The van der Waals surface area contributed by atoms with Gasteiger partial charge >= 0.3 is 12.1 Å². The number of carboxylic acids is 1. The van der Waals surface area contributed by atoms with E-state index in [0.717, 1.165) is 5.56 Å². The number of benzene rings is 1. The van der Waals surface area contributed by atoms with Gasteiger partial charge in [-0.1, -0.05) is 12.1 Å². The van der Waals surface area contributed by atoms with E-state index in [1.165, 1.54) is 12.1 Å². The minimum atomic E-state index is -1.02. The van der Waals surface area contributed by atoms with Crippen molar-refractivity contribution in [3.05, 3.63) is 29.8 Å². The van der Waals surface area contributed by atoms with Gasteiger partial charge in [-0.15, -0.1) is 0 Å². The summed E-state index contributed by atoms with van der Waals surface area (Å²) in [6.45, 7) is 2.06. The lowest BCUT2D eigenvalue weighted by atomic mass is 10.1. The molecule has 0 aliphatic rings. The van der Waals surface area contributed by atoms with Crippen LogP contribution in [0.3, 0.4) is 0 Å². The highest BCUT2D eigenvalue weighted by atomic mass is 16.5. The van der Waals surface area contributed by atoms with Gasteiger partial charge in [-0.05, 0) is 31.0 Å². The third-order valence-electron chi connectivity index (χ3n) is 2.00. The number of primary amides is 1. The molecule has 0 saturated heterocycles. The summed E-state index contributed by atoms with van der Waals surface area (Å²) in [5.41, 5.74) is 10.7. The van der Waals surface area contributed by atoms with Gasteiger partial charge < -0.3 is 26.4 Å². The zero-order valence-electron chi connectivity index (χ0n) is 10.6. The average molecular weight is 270 g/mol. The predicted molar refractivity (Wildman–Crippen MR) is 68.6 cm³/mol. The van der Waals surface area contributed by atoms with Crippen molar-refractivity contribution in [2.24, 2.45) is 11.5 Å². The van der Waals surface area contributed by atoms with Crippen molar-refractivity contribution in [2.45, 2.75) is 19.4 Å². The van der Waals surface area contributed by atoms with Crippen LogP contribution in [0.2, 0.25) is 0 Å². The summed E-state index contributed by atoms with van der Waals surface area (Å²) in [7, 11) is 0. The second kappa shape index (κ2) is 8.76. The van der Waals surface area contributed by atoms with Crippen molar-refractivity contribution in [3.8, 4) is 5.75 Å². The van der Waals surface area contributed by atoms with E-state index in [1.54, 1.807) is 19.1 Å². The summed E-state index contributed by atoms with van der Waals surface area (Å²) in [5.74, 6) is -0.860. The van der Waals surface area contributed by atoms with Crippen LogP contribution in [-0.2, 0) is 16.0 Å². The first-order valence-corrected chi connectivity index (χ1v) is 5.55. The van der Waals surface area contributed by atoms with Crippen LogP contribution in [0.15, 0.2) is 24.3 Å². The third kappa shape index (κ3) is 8.44. The maximum atomic E-state index is 10.4.